The molecule has 2 unspecified atom stereocenters. The van der Waals surface area contributed by atoms with Gasteiger partial charge in [-0.15, -0.1) is 20.2 Å². The minimum absolute atomic E-state index is 0.0121. The number of aromatic nitrogens is 2. The van der Waals surface area contributed by atoms with Crippen LogP contribution >= 0.6 is 0 Å². The average molecular weight is 688 g/mol. The number of carbonyl (C=O) groups excluding carboxylic acids is 1. The Morgan fingerprint density at radius 3 is 2.21 bits per heavy atom. The number of sulfonamides is 1. The molecule has 0 radical (unpaired) electrons. The van der Waals surface area contributed by atoms with Crippen molar-refractivity contribution in [3.05, 3.63) is 67.6 Å². The third-order valence-electron chi connectivity index (χ3n) is 6.65. The summed E-state index contributed by atoms with van der Waals surface area (Å²) in [5, 5.41) is 40.4. The second kappa shape index (κ2) is 17.4. The highest BCUT2D eigenvalue weighted by Crippen LogP contribution is 2.32. The van der Waals surface area contributed by atoms with E-state index in [1.165, 1.54) is 43.5 Å². The minimum Gasteiger partial charge on any atom is -0.463 e. The van der Waals surface area contributed by atoms with Gasteiger partial charge in [-0.05, 0) is 36.6 Å². The minimum atomic E-state index is -3.74. The number of hydrogen-bond donors (Lipinski definition) is 2. The van der Waals surface area contributed by atoms with Crippen LogP contribution < -0.4 is 4.31 Å². The van der Waals surface area contributed by atoms with E-state index in [0.29, 0.717) is 23.2 Å². The Morgan fingerprint density at radius 2 is 1.68 bits per heavy atom. The summed E-state index contributed by atoms with van der Waals surface area (Å²) in [5.74, 6) is -1.93. The zero-order valence-electron chi connectivity index (χ0n) is 26.4. The molecule has 0 bridgehead atoms. The zero-order valence-corrected chi connectivity index (χ0v) is 27.2. The second-order valence-corrected chi connectivity index (χ2v) is 12.8. The maximum absolute atomic E-state index is 13.7. The predicted octanol–water partition coefficient (Wildman–Crippen LogP) is 2.81. The highest BCUT2D eigenvalue weighted by atomic mass is 32.2. The van der Waals surface area contributed by atoms with E-state index in [9.17, 15) is 48.0 Å². The highest BCUT2D eigenvalue weighted by molar-refractivity contribution is 7.92. The van der Waals surface area contributed by atoms with Crippen molar-refractivity contribution in [2.24, 2.45) is 0 Å². The van der Waals surface area contributed by atoms with E-state index < -0.39 is 69.4 Å². The largest absolute Gasteiger partial charge is 0.463 e. The number of carbonyl (C=O) groups is 1. The number of aliphatic hydroxyl groups is 2. The quantitative estimate of drug-likeness (QED) is 0.123. The fraction of sp³-hybridized carbons (Fsp3) is 0.536. The van der Waals surface area contributed by atoms with Gasteiger partial charge in [0.05, 0.1) is 36.3 Å². The summed E-state index contributed by atoms with van der Waals surface area (Å²) < 4.78 is 44.0. The van der Waals surface area contributed by atoms with Gasteiger partial charge in [0.2, 0.25) is 16.0 Å². The molecule has 0 saturated heterocycles. The Labute approximate surface area is 270 Å². The van der Waals surface area contributed by atoms with E-state index in [4.69, 9.17) is 4.74 Å². The number of aliphatic hydroxyl groups excluding tert-OH is 2. The summed E-state index contributed by atoms with van der Waals surface area (Å²) in [5.41, 5.74) is 1.47. The summed E-state index contributed by atoms with van der Waals surface area (Å²) in [4.78, 5) is 51.7. The van der Waals surface area contributed by atoms with Crippen LogP contribution in [0.5, 0.6) is 0 Å². The van der Waals surface area contributed by atoms with E-state index in [0.717, 1.165) is 10.6 Å². The summed E-state index contributed by atoms with van der Waals surface area (Å²) >= 11 is 0. The van der Waals surface area contributed by atoms with Gasteiger partial charge in [0, 0.05) is 24.6 Å². The first-order valence-corrected chi connectivity index (χ1v) is 16.2. The molecule has 19 heteroatoms. The molecule has 17 nitrogen and oxygen atoms in total. The smallest absolute Gasteiger partial charge is 0.308 e. The third-order valence-corrected chi connectivity index (χ3v) is 7.81. The van der Waals surface area contributed by atoms with Crippen LogP contribution in [0.2, 0.25) is 0 Å². The molecule has 0 saturated carbocycles. The van der Waals surface area contributed by atoms with Gasteiger partial charge in [-0.25, -0.2) is 27.1 Å². The van der Waals surface area contributed by atoms with Crippen LogP contribution in [0.15, 0.2) is 30.3 Å². The Morgan fingerprint density at radius 1 is 1.09 bits per heavy atom. The fourth-order valence-electron chi connectivity index (χ4n) is 4.29. The van der Waals surface area contributed by atoms with Gasteiger partial charge in [-0.2, -0.15) is 0 Å². The Balaban J connectivity index is 2.24. The standard InChI is InChI=1S/C28H38FN5O12S/c1-6-7-23(45-33(38)39)24(46-34(40)41)16-44-25(37)15-21(36)14-20(35)12-13-22-26(17(2)3)30-28(32(4)47(5,42)43)31-27(22)18-8-10-19(29)11-9-18/h8-13,17,20-21,23-24,35-36H,6-7,14-16H2,1-5H3/b13-12+/t20-,21-,23?,24?/m1/s1. The van der Waals surface area contributed by atoms with Crippen LogP contribution in [0.4, 0.5) is 10.3 Å². The molecule has 0 aliphatic heterocycles. The topological polar surface area (TPSA) is 235 Å². The van der Waals surface area contributed by atoms with Crippen LogP contribution in [0, 0.1) is 26.0 Å². The number of nitrogens with zero attached hydrogens (tertiary/aromatic N) is 5. The second-order valence-electron chi connectivity index (χ2n) is 10.8. The van der Waals surface area contributed by atoms with Crippen molar-refractivity contribution < 1.29 is 52.4 Å². The first-order valence-electron chi connectivity index (χ1n) is 14.4. The lowest BCUT2D eigenvalue weighted by molar-refractivity contribution is -0.799. The molecule has 2 aromatic rings. The zero-order chi connectivity index (χ0) is 35.5. The number of rotatable bonds is 19. The van der Waals surface area contributed by atoms with Crippen molar-refractivity contribution in [1.29, 1.82) is 0 Å². The maximum Gasteiger partial charge on any atom is 0.308 e. The van der Waals surface area contributed by atoms with Crippen LogP contribution in [0.1, 0.15) is 63.6 Å². The maximum atomic E-state index is 13.7. The van der Waals surface area contributed by atoms with E-state index in [2.05, 4.69) is 19.6 Å². The predicted molar refractivity (Wildman–Crippen MR) is 165 cm³/mol. The molecule has 0 aliphatic carbocycles. The van der Waals surface area contributed by atoms with Crippen molar-refractivity contribution in [2.45, 2.75) is 76.8 Å². The van der Waals surface area contributed by atoms with Crippen molar-refractivity contribution in [3.8, 4) is 11.3 Å². The number of benzene rings is 1. The van der Waals surface area contributed by atoms with E-state index in [-0.39, 0.29) is 30.4 Å². The lowest BCUT2D eigenvalue weighted by atomic mass is 9.97. The molecule has 47 heavy (non-hydrogen) atoms. The van der Waals surface area contributed by atoms with Gasteiger partial charge in [0.15, 0.2) is 6.10 Å². The van der Waals surface area contributed by atoms with Gasteiger partial charge in [0.1, 0.15) is 18.5 Å². The van der Waals surface area contributed by atoms with Crippen LogP contribution in [0.3, 0.4) is 0 Å². The molecule has 0 aliphatic rings. The van der Waals surface area contributed by atoms with E-state index in [1.54, 1.807) is 20.8 Å². The average Bonchev–Trinajstić information content (AvgIpc) is 2.96. The van der Waals surface area contributed by atoms with Gasteiger partial charge >= 0.3 is 5.97 Å². The Hall–Kier alpha value is -4.49. The molecule has 260 valence electrons. The number of hydrogen-bond acceptors (Lipinski definition) is 14. The fourth-order valence-corrected chi connectivity index (χ4v) is 4.67. The van der Waals surface area contributed by atoms with E-state index in [1.807, 2.05) is 0 Å². The summed E-state index contributed by atoms with van der Waals surface area (Å²) in [6.45, 7) is 4.48. The molecule has 2 N–H and O–H groups in total. The lowest BCUT2D eigenvalue weighted by Crippen LogP contribution is -2.39. The van der Waals surface area contributed by atoms with Crippen molar-refractivity contribution >= 4 is 28.0 Å². The summed E-state index contributed by atoms with van der Waals surface area (Å²) in [6.07, 6.45) is -2.69. The Bertz CT molecular complexity index is 1520. The van der Waals surface area contributed by atoms with Gasteiger partial charge < -0.3 is 24.6 Å². The Kier molecular flexibility index (Phi) is 14.4. The molecule has 1 aromatic carbocycles. The molecule has 0 spiro atoms. The highest BCUT2D eigenvalue weighted by Gasteiger charge is 2.30. The lowest BCUT2D eigenvalue weighted by Gasteiger charge is -2.23. The first-order chi connectivity index (χ1) is 21.9. The molecule has 2 rings (SSSR count). The van der Waals surface area contributed by atoms with Crippen LogP contribution in [0.25, 0.3) is 17.3 Å². The monoisotopic (exact) mass is 687 g/mol. The summed E-state index contributed by atoms with van der Waals surface area (Å²) in [6, 6.07) is 5.30. The molecular formula is C28H38FN5O12S. The van der Waals surface area contributed by atoms with Gasteiger partial charge in [-0.1, -0.05) is 39.3 Å². The molecular weight excluding hydrogens is 649 g/mol. The number of halogens is 1. The molecule has 0 fully saturated rings. The number of esters is 1. The third kappa shape index (κ3) is 12.3. The summed E-state index contributed by atoms with van der Waals surface area (Å²) in [7, 11) is -2.45. The molecule has 1 aromatic heterocycles. The SMILES string of the molecule is CCCC(O[N+](=O)[O-])C(COC(=O)C[C@H](O)C[C@H](O)/C=C/c1c(-c2ccc(F)cc2)nc(N(C)S(C)(=O)=O)nc1C(C)C)O[N+](=O)[O-]. The van der Waals surface area contributed by atoms with Crippen LogP contribution in [-0.4, -0.2) is 89.1 Å². The van der Waals surface area contributed by atoms with Gasteiger partial charge in [-0.3, -0.25) is 4.79 Å². The first kappa shape index (κ1) is 38.7. The van der Waals surface area contributed by atoms with Crippen molar-refractivity contribution in [1.82, 2.24) is 9.97 Å². The molecule has 1 heterocycles. The molecule has 0 amide bonds. The normalized spacial score (nSPS) is 14.3. The molecule has 4 atom stereocenters. The van der Waals surface area contributed by atoms with E-state index >= 15 is 0 Å². The number of anilines is 1. The van der Waals surface area contributed by atoms with Gasteiger partial charge in [0.25, 0.3) is 10.2 Å². The number of ether oxygens (including phenoxy) is 1. The van der Waals surface area contributed by atoms with Crippen molar-refractivity contribution in [2.75, 3.05) is 24.2 Å². The van der Waals surface area contributed by atoms with Crippen molar-refractivity contribution in [3.63, 3.8) is 0 Å². The van der Waals surface area contributed by atoms with Crippen LogP contribution in [-0.2, 0) is 29.2 Å².